The van der Waals surface area contributed by atoms with Crippen LogP contribution in [-0.4, -0.2) is 15.8 Å². The average molecular weight is 220 g/mol. The number of carbonyl (C=O) groups excluding carboxylic acids is 1. The topological polar surface area (TPSA) is 34.9 Å². The largest absolute Gasteiger partial charge is 0.323 e. The molecule has 2 aromatic rings. The second kappa shape index (κ2) is 3.98. The second-order valence-electron chi connectivity index (χ2n) is 3.52. The van der Waals surface area contributed by atoms with Crippen LogP contribution >= 0.6 is 11.3 Å². The fourth-order valence-electron chi connectivity index (χ4n) is 1.46. The Morgan fingerprint density at radius 1 is 1.53 bits per heavy atom. The molecular formula is C11H12N2OS. The number of hydrogen-bond acceptors (Lipinski definition) is 3. The van der Waals surface area contributed by atoms with Crippen LogP contribution in [0.4, 0.5) is 0 Å². The third-order valence-corrected chi connectivity index (χ3v) is 3.55. The van der Waals surface area contributed by atoms with Crippen molar-refractivity contribution >= 4 is 17.6 Å². The van der Waals surface area contributed by atoms with E-state index >= 15 is 0 Å². The van der Waals surface area contributed by atoms with Crippen LogP contribution in [0.15, 0.2) is 18.6 Å². The van der Waals surface area contributed by atoms with Gasteiger partial charge in [0.05, 0.1) is 19.1 Å². The van der Waals surface area contributed by atoms with Crippen LogP contribution in [0.2, 0.25) is 0 Å². The SMILES string of the molecule is Cc1cc(Cn2cncc2C=O)sc1C. The molecule has 0 saturated carbocycles. The summed E-state index contributed by atoms with van der Waals surface area (Å²) in [6.45, 7) is 4.94. The molecule has 2 heterocycles. The monoisotopic (exact) mass is 220 g/mol. The minimum atomic E-state index is 0.624. The van der Waals surface area contributed by atoms with Crippen LogP contribution in [0, 0.1) is 13.8 Å². The summed E-state index contributed by atoms with van der Waals surface area (Å²) in [5.74, 6) is 0. The van der Waals surface area contributed by atoms with Gasteiger partial charge in [-0.2, -0.15) is 0 Å². The highest BCUT2D eigenvalue weighted by Crippen LogP contribution is 2.21. The van der Waals surface area contributed by atoms with Gasteiger partial charge in [-0.05, 0) is 25.5 Å². The van der Waals surface area contributed by atoms with Gasteiger partial charge in [-0.1, -0.05) is 0 Å². The van der Waals surface area contributed by atoms with Crippen molar-refractivity contribution < 1.29 is 4.79 Å². The van der Waals surface area contributed by atoms with Gasteiger partial charge >= 0.3 is 0 Å². The molecule has 0 amide bonds. The summed E-state index contributed by atoms with van der Waals surface area (Å²) in [7, 11) is 0. The predicted octanol–water partition coefficient (Wildman–Crippen LogP) is 2.42. The van der Waals surface area contributed by atoms with E-state index in [4.69, 9.17) is 0 Å². The molecule has 0 fully saturated rings. The molecule has 0 spiro atoms. The van der Waals surface area contributed by atoms with Crippen molar-refractivity contribution in [3.63, 3.8) is 0 Å². The Hall–Kier alpha value is -1.42. The Balaban J connectivity index is 2.25. The number of nitrogens with zero attached hydrogens (tertiary/aromatic N) is 2. The highest BCUT2D eigenvalue weighted by Gasteiger charge is 2.05. The lowest BCUT2D eigenvalue weighted by atomic mass is 10.3. The smallest absolute Gasteiger partial charge is 0.168 e. The van der Waals surface area contributed by atoms with E-state index in [0.29, 0.717) is 5.69 Å². The van der Waals surface area contributed by atoms with E-state index < -0.39 is 0 Å². The Morgan fingerprint density at radius 3 is 2.93 bits per heavy atom. The molecule has 4 heteroatoms. The van der Waals surface area contributed by atoms with Gasteiger partial charge < -0.3 is 4.57 Å². The molecule has 15 heavy (non-hydrogen) atoms. The number of imidazole rings is 1. The fourth-order valence-corrected chi connectivity index (χ4v) is 2.51. The van der Waals surface area contributed by atoms with Gasteiger partial charge in [0.15, 0.2) is 6.29 Å². The highest BCUT2D eigenvalue weighted by molar-refractivity contribution is 7.12. The second-order valence-corrected chi connectivity index (χ2v) is 4.86. The van der Waals surface area contributed by atoms with Crippen LogP contribution in [0.25, 0.3) is 0 Å². The molecule has 0 radical (unpaired) electrons. The van der Waals surface area contributed by atoms with E-state index in [2.05, 4.69) is 24.9 Å². The van der Waals surface area contributed by atoms with Crippen LogP contribution < -0.4 is 0 Å². The number of carbonyl (C=O) groups is 1. The van der Waals surface area contributed by atoms with Crippen LogP contribution in [0.5, 0.6) is 0 Å². The molecule has 78 valence electrons. The summed E-state index contributed by atoms with van der Waals surface area (Å²) >= 11 is 1.77. The molecule has 0 atom stereocenters. The van der Waals surface area contributed by atoms with E-state index in [9.17, 15) is 4.79 Å². The number of hydrogen-bond donors (Lipinski definition) is 0. The van der Waals surface area contributed by atoms with E-state index in [-0.39, 0.29) is 0 Å². The Kier molecular flexibility index (Phi) is 2.68. The third kappa shape index (κ3) is 1.99. The number of aromatic nitrogens is 2. The van der Waals surface area contributed by atoms with Crippen molar-refractivity contribution in [1.82, 2.24) is 9.55 Å². The standard InChI is InChI=1S/C11H12N2OS/c1-8-3-11(15-9(8)2)5-13-7-12-4-10(13)6-14/h3-4,6-7H,5H2,1-2H3. The van der Waals surface area contributed by atoms with Crippen molar-refractivity contribution in [3.05, 3.63) is 39.6 Å². The fraction of sp³-hybridized carbons (Fsp3) is 0.273. The predicted molar refractivity (Wildman–Crippen MR) is 60.5 cm³/mol. The van der Waals surface area contributed by atoms with E-state index in [1.165, 1.54) is 15.3 Å². The molecule has 3 nitrogen and oxygen atoms in total. The van der Waals surface area contributed by atoms with Gasteiger partial charge in [0, 0.05) is 9.75 Å². The van der Waals surface area contributed by atoms with Gasteiger partial charge in [-0.15, -0.1) is 11.3 Å². The maximum Gasteiger partial charge on any atom is 0.168 e. The van der Waals surface area contributed by atoms with E-state index in [0.717, 1.165) is 12.8 Å². The summed E-state index contributed by atoms with van der Waals surface area (Å²) in [6, 6.07) is 2.16. The maximum absolute atomic E-state index is 10.7. The zero-order valence-corrected chi connectivity index (χ0v) is 9.54. The van der Waals surface area contributed by atoms with E-state index in [1.807, 2.05) is 4.57 Å². The number of aldehydes is 1. The van der Waals surface area contributed by atoms with Crippen molar-refractivity contribution in [1.29, 1.82) is 0 Å². The van der Waals surface area contributed by atoms with Crippen molar-refractivity contribution in [3.8, 4) is 0 Å². The lowest BCUT2D eigenvalue weighted by molar-refractivity contribution is 0.111. The van der Waals surface area contributed by atoms with Crippen LogP contribution in [0.1, 0.15) is 25.8 Å². The first kappa shape index (κ1) is 10.1. The molecule has 0 saturated heterocycles. The first-order valence-corrected chi connectivity index (χ1v) is 5.53. The Morgan fingerprint density at radius 2 is 2.33 bits per heavy atom. The zero-order valence-electron chi connectivity index (χ0n) is 8.73. The summed E-state index contributed by atoms with van der Waals surface area (Å²) in [6.07, 6.45) is 4.11. The lowest BCUT2D eigenvalue weighted by Gasteiger charge is -2.00. The molecule has 0 bridgehead atoms. The number of thiophene rings is 1. The molecule has 0 aliphatic rings. The maximum atomic E-state index is 10.7. The molecule has 2 rings (SSSR count). The first-order valence-electron chi connectivity index (χ1n) is 4.72. The number of aryl methyl sites for hydroxylation is 2. The van der Waals surface area contributed by atoms with Crippen molar-refractivity contribution in [2.75, 3.05) is 0 Å². The zero-order chi connectivity index (χ0) is 10.8. The minimum absolute atomic E-state index is 0.624. The summed E-state index contributed by atoms with van der Waals surface area (Å²) in [5.41, 5.74) is 1.93. The average Bonchev–Trinajstić information content (AvgIpc) is 2.75. The molecule has 0 unspecified atom stereocenters. The van der Waals surface area contributed by atoms with Gasteiger partial charge in [0.2, 0.25) is 0 Å². The van der Waals surface area contributed by atoms with Crippen LogP contribution in [0.3, 0.4) is 0 Å². The highest BCUT2D eigenvalue weighted by atomic mass is 32.1. The first-order chi connectivity index (χ1) is 7.20. The molecule has 2 aromatic heterocycles. The summed E-state index contributed by atoms with van der Waals surface area (Å²) < 4.78 is 1.86. The van der Waals surface area contributed by atoms with Gasteiger partial charge in [0.1, 0.15) is 5.69 Å². The normalized spacial score (nSPS) is 10.5. The quantitative estimate of drug-likeness (QED) is 0.744. The van der Waals surface area contributed by atoms with Crippen molar-refractivity contribution in [2.45, 2.75) is 20.4 Å². The molecular weight excluding hydrogens is 208 g/mol. The summed E-state index contributed by atoms with van der Waals surface area (Å²) in [4.78, 5) is 17.2. The van der Waals surface area contributed by atoms with Gasteiger partial charge in [-0.3, -0.25) is 4.79 Å². The van der Waals surface area contributed by atoms with E-state index in [1.54, 1.807) is 23.9 Å². The minimum Gasteiger partial charge on any atom is -0.323 e. The molecule has 0 aliphatic heterocycles. The van der Waals surface area contributed by atoms with Crippen LogP contribution in [-0.2, 0) is 6.54 Å². The van der Waals surface area contributed by atoms with Crippen molar-refractivity contribution in [2.24, 2.45) is 0 Å². The number of rotatable bonds is 3. The Labute approximate surface area is 92.4 Å². The Bertz CT molecular complexity index is 465. The molecule has 0 aliphatic carbocycles. The van der Waals surface area contributed by atoms with Gasteiger partial charge in [-0.25, -0.2) is 4.98 Å². The lowest BCUT2D eigenvalue weighted by Crippen LogP contribution is -2.00. The molecule has 0 aromatic carbocycles. The summed E-state index contributed by atoms with van der Waals surface area (Å²) in [5, 5.41) is 0. The molecule has 0 N–H and O–H groups in total. The third-order valence-electron chi connectivity index (χ3n) is 2.41. The van der Waals surface area contributed by atoms with Gasteiger partial charge in [0.25, 0.3) is 0 Å².